The van der Waals surface area contributed by atoms with Crippen molar-refractivity contribution in [1.29, 1.82) is 0 Å². The molecule has 140 valence electrons. The molecule has 0 saturated heterocycles. The minimum absolute atomic E-state index is 0.0568. The number of benzene rings is 2. The summed E-state index contributed by atoms with van der Waals surface area (Å²) in [5.41, 5.74) is 4.01. The number of likely N-dealkylation sites (N-methyl/N-ethyl adjacent to an activating group) is 1. The maximum absolute atomic E-state index is 13.6. The highest BCUT2D eigenvalue weighted by Gasteiger charge is 2.16. The van der Waals surface area contributed by atoms with Crippen LogP contribution in [0.5, 0.6) is 0 Å². The first-order chi connectivity index (χ1) is 12.9. The Bertz CT molecular complexity index is 993. The van der Waals surface area contributed by atoms with Crippen molar-refractivity contribution in [3.63, 3.8) is 0 Å². The number of aryl methyl sites for hydroxylation is 1. The summed E-state index contributed by atoms with van der Waals surface area (Å²) in [5.74, 6) is -0.522. The quantitative estimate of drug-likeness (QED) is 0.727. The summed E-state index contributed by atoms with van der Waals surface area (Å²) in [6, 6.07) is 11.7. The zero-order valence-corrected chi connectivity index (χ0v) is 15.6. The molecule has 0 aliphatic rings. The third-order valence-corrected chi connectivity index (χ3v) is 4.70. The molecule has 3 rings (SSSR count). The molecule has 3 aromatic rings. The van der Waals surface area contributed by atoms with Crippen LogP contribution in [0.2, 0.25) is 0 Å². The summed E-state index contributed by atoms with van der Waals surface area (Å²) < 4.78 is 13.6. The van der Waals surface area contributed by atoms with Crippen LogP contribution < -0.4 is 5.32 Å². The highest BCUT2D eigenvalue weighted by Crippen LogP contribution is 2.24. The summed E-state index contributed by atoms with van der Waals surface area (Å²) in [7, 11) is 3.32. The zero-order chi connectivity index (χ0) is 19.6. The van der Waals surface area contributed by atoms with Crippen molar-refractivity contribution < 1.29 is 14.0 Å². The molecule has 5 nitrogen and oxygen atoms in total. The first-order valence-corrected chi connectivity index (χ1v) is 8.70. The Morgan fingerprint density at radius 1 is 1.15 bits per heavy atom. The molecule has 0 aliphatic heterocycles. The second-order valence-electron chi connectivity index (χ2n) is 6.62. The smallest absolute Gasteiger partial charge is 0.251 e. The molecule has 1 aromatic heterocycles. The van der Waals surface area contributed by atoms with Gasteiger partial charge in [0.15, 0.2) is 0 Å². The number of nitrogens with zero attached hydrogens (tertiary/aromatic N) is 1. The molecular weight excluding hydrogens is 345 g/mol. The summed E-state index contributed by atoms with van der Waals surface area (Å²) in [4.78, 5) is 29.1. The predicted octanol–water partition coefficient (Wildman–Crippen LogP) is 3.18. The Labute approximate surface area is 157 Å². The van der Waals surface area contributed by atoms with Crippen molar-refractivity contribution >= 4 is 22.7 Å². The number of carbonyl (C=O) groups is 2. The molecule has 6 heteroatoms. The lowest BCUT2D eigenvalue weighted by molar-refractivity contribution is -0.129. The first-order valence-electron chi connectivity index (χ1n) is 8.70. The molecular formula is C21H22FN3O2. The fraction of sp³-hybridized carbons (Fsp3) is 0.238. The lowest BCUT2D eigenvalue weighted by atomic mass is 10.1. The lowest BCUT2D eigenvalue weighted by Gasteiger charge is -2.17. The van der Waals surface area contributed by atoms with E-state index in [9.17, 15) is 14.0 Å². The molecule has 0 unspecified atom stereocenters. The summed E-state index contributed by atoms with van der Waals surface area (Å²) in [5, 5.41) is 3.32. The second-order valence-corrected chi connectivity index (χ2v) is 6.62. The van der Waals surface area contributed by atoms with Gasteiger partial charge in [-0.15, -0.1) is 0 Å². The summed E-state index contributed by atoms with van der Waals surface area (Å²) in [6.45, 7) is 2.32. The number of hydrogen-bond donors (Lipinski definition) is 2. The molecule has 0 radical (unpaired) electrons. The molecule has 0 aliphatic carbocycles. The SMILES string of the molecule is CNC(=O)c1ccc(CN(C)C(=O)Cc2c(C)[nH]c3ccc(F)cc23)cc1. The number of fused-ring (bicyclic) bond motifs is 1. The summed E-state index contributed by atoms with van der Waals surface area (Å²) in [6.07, 6.45) is 0.197. The molecule has 2 N–H and O–H groups in total. The number of nitrogens with one attached hydrogen (secondary N) is 2. The number of rotatable bonds is 5. The van der Waals surface area contributed by atoms with Gasteiger partial charge in [0.2, 0.25) is 5.91 Å². The van der Waals surface area contributed by atoms with Crippen molar-refractivity contribution in [2.45, 2.75) is 19.9 Å². The molecule has 0 fully saturated rings. The van der Waals surface area contributed by atoms with Crippen LogP contribution in [0.25, 0.3) is 10.9 Å². The molecule has 1 heterocycles. The monoisotopic (exact) mass is 367 g/mol. The van der Waals surface area contributed by atoms with Gasteiger partial charge in [-0.05, 0) is 48.4 Å². The van der Waals surface area contributed by atoms with E-state index in [0.29, 0.717) is 12.1 Å². The van der Waals surface area contributed by atoms with E-state index in [2.05, 4.69) is 10.3 Å². The maximum Gasteiger partial charge on any atom is 0.251 e. The number of amides is 2. The molecule has 2 aromatic carbocycles. The van der Waals surface area contributed by atoms with Gasteiger partial charge in [-0.1, -0.05) is 12.1 Å². The van der Waals surface area contributed by atoms with E-state index in [4.69, 9.17) is 0 Å². The van der Waals surface area contributed by atoms with Gasteiger partial charge < -0.3 is 15.2 Å². The van der Waals surface area contributed by atoms with E-state index in [1.807, 2.05) is 19.1 Å². The van der Waals surface area contributed by atoms with Crippen LogP contribution in [0, 0.1) is 12.7 Å². The van der Waals surface area contributed by atoms with Gasteiger partial charge in [0.1, 0.15) is 5.82 Å². The first kappa shape index (κ1) is 18.6. The Kier molecular flexibility index (Phi) is 5.26. The van der Waals surface area contributed by atoms with Crippen molar-refractivity contribution in [3.8, 4) is 0 Å². The molecule has 27 heavy (non-hydrogen) atoms. The Morgan fingerprint density at radius 3 is 2.52 bits per heavy atom. The topological polar surface area (TPSA) is 65.2 Å². The Balaban J connectivity index is 1.72. The van der Waals surface area contributed by atoms with E-state index < -0.39 is 0 Å². The summed E-state index contributed by atoms with van der Waals surface area (Å²) >= 11 is 0. The number of carbonyl (C=O) groups excluding carboxylic acids is 2. The zero-order valence-electron chi connectivity index (χ0n) is 15.6. The van der Waals surface area contributed by atoms with Gasteiger partial charge >= 0.3 is 0 Å². The van der Waals surface area contributed by atoms with Gasteiger partial charge in [-0.25, -0.2) is 4.39 Å². The van der Waals surface area contributed by atoms with E-state index >= 15 is 0 Å². The van der Waals surface area contributed by atoms with Crippen LogP contribution in [-0.4, -0.2) is 35.8 Å². The maximum atomic E-state index is 13.6. The number of hydrogen-bond acceptors (Lipinski definition) is 2. The minimum Gasteiger partial charge on any atom is -0.358 e. The standard InChI is InChI=1S/C21H22FN3O2/c1-13-17(18-10-16(22)8-9-19(18)24-13)11-20(26)25(3)12-14-4-6-15(7-5-14)21(27)23-2/h4-10,24H,11-12H2,1-3H3,(H,23,27). The highest BCUT2D eigenvalue weighted by molar-refractivity contribution is 5.94. The fourth-order valence-electron chi connectivity index (χ4n) is 3.14. The Hall–Kier alpha value is -3.15. The van der Waals surface area contributed by atoms with Gasteiger partial charge in [-0.3, -0.25) is 9.59 Å². The minimum atomic E-state index is -0.320. The number of H-pyrrole nitrogens is 1. The van der Waals surface area contributed by atoms with Crippen LogP contribution >= 0.6 is 0 Å². The normalized spacial score (nSPS) is 10.8. The average Bonchev–Trinajstić information content (AvgIpc) is 2.96. The number of aromatic amines is 1. The van der Waals surface area contributed by atoms with Gasteiger partial charge in [0.05, 0.1) is 6.42 Å². The second kappa shape index (κ2) is 7.61. The third-order valence-electron chi connectivity index (χ3n) is 4.70. The van der Waals surface area contributed by atoms with Crippen LogP contribution in [0.15, 0.2) is 42.5 Å². The van der Waals surface area contributed by atoms with E-state index in [0.717, 1.165) is 27.7 Å². The molecule has 0 spiro atoms. The highest BCUT2D eigenvalue weighted by atomic mass is 19.1. The molecule has 0 saturated carbocycles. The molecule has 0 atom stereocenters. The average molecular weight is 367 g/mol. The van der Waals surface area contributed by atoms with Gasteiger partial charge in [0, 0.05) is 42.8 Å². The van der Waals surface area contributed by atoms with Crippen molar-refractivity contribution in [3.05, 3.63) is 70.7 Å². The van der Waals surface area contributed by atoms with Gasteiger partial charge in [0.25, 0.3) is 5.91 Å². The van der Waals surface area contributed by atoms with E-state index in [1.165, 1.54) is 12.1 Å². The van der Waals surface area contributed by atoms with Crippen LogP contribution in [0.1, 0.15) is 27.2 Å². The van der Waals surface area contributed by atoms with Crippen molar-refractivity contribution in [2.24, 2.45) is 0 Å². The lowest BCUT2D eigenvalue weighted by Crippen LogP contribution is -2.28. The number of aromatic nitrogens is 1. The Morgan fingerprint density at radius 2 is 1.85 bits per heavy atom. The van der Waals surface area contributed by atoms with E-state index in [1.54, 1.807) is 37.2 Å². The predicted molar refractivity (Wildman–Crippen MR) is 103 cm³/mol. The molecule has 2 amide bonds. The largest absolute Gasteiger partial charge is 0.358 e. The third kappa shape index (κ3) is 4.00. The van der Waals surface area contributed by atoms with Crippen LogP contribution in [0.4, 0.5) is 4.39 Å². The fourth-order valence-corrected chi connectivity index (χ4v) is 3.14. The van der Waals surface area contributed by atoms with Crippen LogP contribution in [-0.2, 0) is 17.8 Å². The van der Waals surface area contributed by atoms with Crippen molar-refractivity contribution in [2.75, 3.05) is 14.1 Å². The number of halogens is 1. The van der Waals surface area contributed by atoms with Gasteiger partial charge in [-0.2, -0.15) is 0 Å². The van der Waals surface area contributed by atoms with Crippen molar-refractivity contribution in [1.82, 2.24) is 15.2 Å². The van der Waals surface area contributed by atoms with E-state index in [-0.39, 0.29) is 24.1 Å². The molecule has 0 bridgehead atoms. The van der Waals surface area contributed by atoms with Crippen LogP contribution in [0.3, 0.4) is 0 Å².